The van der Waals surface area contributed by atoms with Crippen molar-refractivity contribution in [2.75, 3.05) is 12.3 Å². The first-order chi connectivity index (χ1) is 14.5. The normalized spacial score (nSPS) is 12.2. The number of esters is 1. The Morgan fingerprint density at radius 3 is 2.37 bits per heavy atom. The maximum Gasteiger partial charge on any atom is 0.310 e. The molecule has 0 saturated heterocycles. The fourth-order valence-electron chi connectivity index (χ4n) is 3.47. The molecule has 4 rings (SSSR count). The van der Waals surface area contributed by atoms with Gasteiger partial charge in [-0.1, -0.05) is 44.2 Å². The van der Waals surface area contributed by atoms with Crippen LogP contribution in [0.2, 0.25) is 0 Å². The predicted molar refractivity (Wildman–Crippen MR) is 116 cm³/mol. The quantitative estimate of drug-likeness (QED) is 0.666. The Morgan fingerprint density at radius 1 is 1.07 bits per heavy atom. The summed E-state index contributed by atoms with van der Waals surface area (Å²) < 4.78 is 5.01. The van der Waals surface area contributed by atoms with E-state index in [0.29, 0.717) is 30.6 Å². The van der Waals surface area contributed by atoms with Gasteiger partial charge in [0.15, 0.2) is 0 Å². The van der Waals surface area contributed by atoms with Gasteiger partial charge in [-0.05, 0) is 35.7 Å². The number of aromatic nitrogens is 2. The summed E-state index contributed by atoms with van der Waals surface area (Å²) in [6, 6.07) is 13.3. The van der Waals surface area contributed by atoms with Crippen LogP contribution in [0.25, 0.3) is 10.9 Å². The van der Waals surface area contributed by atoms with Gasteiger partial charge < -0.3 is 15.4 Å². The minimum atomic E-state index is -0.318. The number of nitrogen functional groups attached to an aromatic ring is 1. The molecule has 2 N–H and O–H groups in total. The molecule has 1 aliphatic heterocycles. The molecule has 2 heterocycles. The van der Waals surface area contributed by atoms with Crippen molar-refractivity contribution in [1.82, 2.24) is 14.9 Å². The smallest absolute Gasteiger partial charge is 0.310 e. The van der Waals surface area contributed by atoms with Crippen LogP contribution >= 0.6 is 0 Å². The second-order valence-corrected chi connectivity index (χ2v) is 6.69. The van der Waals surface area contributed by atoms with Crippen LogP contribution < -0.4 is 5.73 Å². The number of fused-ring (bicyclic) bond motifs is 2. The number of rotatable bonds is 4. The fourth-order valence-corrected chi connectivity index (χ4v) is 3.47. The zero-order valence-corrected chi connectivity index (χ0v) is 17.5. The first kappa shape index (κ1) is 21.2. The highest BCUT2D eigenvalue weighted by molar-refractivity contribution is 6.05. The number of hydrogen-bond donors (Lipinski definition) is 1. The Bertz CT molecular complexity index is 1060. The Labute approximate surface area is 175 Å². The second-order valence-electron chi connectivity index (χ2n) is 6.69. The number of ether oxygens (including phenoxy) is 1. The number of nitrogens with two attached hydrogens (primary N) is 1. The molecule has 30 heavy (non-hydrogen) atoms. The predicted octanol–water partition coefficient (Wildman–Crippen LogP) is 3.50. The first-order valence-corrected chi connectivity index (χ1v) is 10.1. The molecule has 0 radical (unpaired) electrons. The first-order valence-electron chi connectivity index (χ1n) is 10.1. The summed E-state index contributed by atoms with van der Waals surface area (Å²) in [6.07, 6.45) is 0.122. The lowest BCUT2D eigenvalue weighted by atomic mass is 10.1. The summed E-state index contributed by atoms with van der Waals surface area (Å²) in [5.41, 5.74) is 9.65. The van der Waals surface area contributed by atoms with Crippen molar-refractivity contribution >= 4 is 28.7 Å². The lowest BCUT2D eigenvalue weighted by Crippen LogP contribution is -2.27. The van der Waals surface area contributed by atoms with Gasteiger partial charge in [0.05, 0.1) is 18.5 Å². The number of hydrogen-bond acceptors (Lipinski definition) is 6. The maximum atomic E-state index is 13.2. The van der Waals surface area contributed by atoms with E-state index in [4.69, 9.17) is 10.5 Å². The summed E-state index contributed by atoms with van der Waals surface area (Å²) in [5, 5.41) is 0.581. The summed E-state index contributed by atoms with van der Waals surface area (Å²) in [6.45, 7) is 7.15. The van der Waals surface area contributed by atoms with Crippen molar-refractivity contribution in [1.29, 1.82) is 0 Å². The van der Waals surface area contributed by atoms with Crippen molar-refractivity contribution < 1.29 is 14.3 Å². The highest BCUT2D eigenvalue weighted by Gasteiger charge is 2.26. The van der Waals surface area contributed by atoms with Crippen LogP contribution in [-0.2, 0) is 29.0 Å². The molecule has 7 nitrogen and oxygen atoms in total. The fraction of sp³-hybridized carbons (Fsp3) is 0.304. The molecule has 0 unspecified atom stereocenters. The molecule has 3 aromatic rings. The van der Waals surface area contributed by atoms with Crippen LogP contribution in [0.4, 0.5) is 5.95 Å². The SMILES string of the molecule is CC.CCOC(=O)Cc1ccc2nc(N)nc(C(=O)N3Cc4ccccc4C3)c2c1. The largest absolute Gasteiger partial charge is 0.466 e. The van der Waals surface area contributed by atoms with Gasteiger partial charge in [0.1, 0.15) is 5.69 Å². The van der Waals surface area contributed by atoms with Gasteiger partial charge in [0.25, 0.3) is 5.91 Å². The summed E-state index contributed by atoms with van der Waals surface area (Å²) in [4.78, 5) is 35.2. The zero-order valence-electron chi connectivity index (χ0n) is 17.5. The third kappa shape index (κ3) is 4.40. The lowest BCUT2D eigenvalue weighted by Gasteiger charge is -2.16. The topological polar surface area (TPSA) is 98.4 Å². The maximum absolute atomic E-state index is 13.2. The van der Waals surface area contributed by atoms with Gasteiger partial charge in [-0.25, -0.2) is 9.97 Å². The Kier molecular flexibility index (Phi) is 6.61. The molecule has 0 aliphatic carbocycles. The van der Waals surface area contributed by atoms with E-state index in [9.17, 15) is 9.59 Å². The standard InChI is InChI=1S/C21H20N4O3.C2H6/c1-2-28-18(26)10-13-7-8-17-16(9-13)19(24-21(22)23-17)20(27)25-11-14-5-3-4-6-15(14)12-25;1-2/h3-9H,2,10-12H2,1H3,(H2,22,23,24);1-2H3. The lowest BCUT2D eigenvalue weighted by molar-refractivity contribution is -0.142. The highest BCUT2D eigenvalue weighted by atomic mass is 16.5. The van der Waals surface area contributed by atoms with E-state index in [0.717, 1.165) is 16.7 Å². The molecule has 0 spiro atoms. The third-order valence-corrected chi connectivity index (χ3v) is 4.76. The Hall–Kier alpha value is -3.48. The molecule has 1 aliphatic rings. The van der Waals surface area contributed by atoms with Crippen LogP contribution in [-0.4, -0.2) is 33.4 Å². The van der Waals surface area contributed by atoms with Crippen LogP contribution in [0, 0.1) is 0 Å². The summed E-state index contributed by atoms with van der Waals surface area (Å²) in [5.74, 6) is -0.477. The van der Waals surface area contributed by atoms with Crippen LogP contribution in [0.15, 0.2) is 42.5 Å². The van der Waals surface area contributed by atoms with Crippen molar-refractivity contribution in [3.05, 3.63) is 64.8 Å². The zero-order chi connectivity index (χ0) is 21.7. The monoisotopic (exact) mass is 406 g/mol. The number of nitrogens with zero attached hydrogens (tertiary/aromatic N) is 3. The number of carbonyl (C=O) groups is 2. The van der Waals surface area contributed by atoms with Gasteiger partial charge in [0.2, 0.25) is 5.95 Å². The van der Waals surface area contributed by atoms with Crippen LogP contribution in [0.5, 0.6) is 0 Å². The minimum absolute atomic E-state index is 0.0469. The van der Waals surface area contributed by atoms with Crippen molar-refractivity contribution in [2.45, 2.75) is 40.3 Å². The third-order valence-electron chi connectivity index (χ3n) is 4.76. The molecule has 7 heteroatoms. The molecule has 0 saturated carbocycles. The molecule has 0 atom stereocenters. The molecule has 156 valence electrons. The minimum Gasteiger partial charge on any atom is -0.466 e. The number of anilines is 1. The van der Waals surface area contributed by atoms with E-state index in [-0.39, 0.29) is 29.9 Å². The van der Waals surface area contributed by atoms with Gasteiger partial charge in [-0.15, -0.1) is 0 Å². The van der Waals surface area contributed by atoms with Crippen LogP contribution in [0.3, 0.4) is 0 Å². The number of carbonyl (C=O) groups excluding carboxylic acids is 2. The van der Waals surface area contributed by atoms with Gasteiger partial charge in [-0.3, -0.25) is 9.59 Å². The highest BCUT2D eigenvalue weighted by Crippen LogP contribution is 2.26. The Morgan fingerprint density at radius 2 is 1.73 bits per heavy atom. The van der Waals surface area contributed by atoms with Crippen molar-refractivity contribution in [2.24, 2.45) is 0 Å². The molecule has 0 fully saturated rings. The second kappa shape index (κ2) is 9.35. The van der Waals surface area contributed by atoms with Gasteiger partial charge >= 0.3 is 5.97 Å². The molecule has 2 aromatic carbocycles. The van der Waals surface area contributed by atoms with E-state index in [1.807, 2.05) is 38.1 Å². The summed E-state index contributed by atoms with van der Waals surface area (Å²) in [7, 11) is 0. The van der Waals surface area contributed by atoms with Crippen molar-refractivity contribution in [3.63, 3.8) is 0 Å². The van der Waals surface area contributed by atoms with E-state index < -0.39 is 0 Å². The van der Waals surface area contributed by atoms with E-state index in [2.05, 4.69) is 9.97 Å². The molecular formula is C23H26N4O3. The molecule has 1 amide bonds. The molecule has 0 bridgehead atoms. The van der Waals surface area contributed by atoms with E-state index in [1.165, 1.54) is 0 Å². The molecular weight excluding hydrogens is 380 g/mol. The molecule has 1 aromatic heterocycles. The summed E-state index contributed by atoms with van der Waals surface area (Å²) >= 11 is 0. The average Bonchev–Trinajstić information content (AvgIpc) is 3.19. The van der Waals surface area contributed by atoms with Gasteiger partial charge in [0, 0.05) is 18.5 Å². The van der Waals surface area contributed by atoms with Crippen molar-refractivity contribution in [3.8, 4) is 0 Å². The van der Waals surface area contributed by atoms with Crippen LogP contribution in [0.1, 0.15) is 48.0 Å². The van der Waals surface area contributed by atoms with Gasteiger partial charge in [-0.2, -0.15) is 0 Å². The number of benzene rings is 2. The van der Waals surface area contributed by atoms with E-state index >= 15 is 0 Å². The average molecular weight is 406 g/mol. The van der Waals surface area contributed by atoms with E-state index in [1.54, 1.807) is 30.0 Å². The number of amides is 1. The Balaban J connectivity index is 0.00000124.